The van der Waals surface area contributed by atoms with Crippen LogP contribution in [-0.2, 0) is 9.53 Å². The van der Waals surface area contributed by atoms with Gasteiger partial charge < -0.3 is 20.7 Å². The molecule has 0 aromatic heterocycles. The third-order valence-corrected chi connectivity index (χ3v) is 3.46. The quantitative estimate of drug-likeness (QED) is 0.747. The van der Waals surface area contributed by atoms with Gasteiger partial charge in [0.2, 0.25) is 5.91 Å². The number of ether oxygens (including phenoxy) is 1. The molecule has 6 nitrogen and oxygen atoms in total. The van der Waals surface area contributed by atoms with Crippen molar-refractivity contribution in [1.29, 1.82) is 0 Å². The molecule has 0 heterocycles. The van der Waals surface area contributed by atoms with Crippen LogP contribution in [0.4, 0.5) is 16.2 Å². The number of benzene rings is 1. The molecule has 1 atom stereocenters. The van der Waals surface area contributed by atoms with E-state index >= 15 is 0 Å². The number of alkyl carbamates (subject to hydrolysis) is 1. The van der Waals surface area contributed by atoms with E-state index in [-0.39, 0.29) is 5.91 Å². The standard InChI is InChI=1S/C17H26ClN3O3/c1-7-19-13-9-12(18)10(2)8-14(13)21-15(22)11(3)20-16(23)24-17(4,5)6/h8-9,11,19H,7H2,1-6H3,(H,20,23)(H,21,22)/t11-/m0/s1. The van der Waals surface area contributed by atoms with E-state index in [2.05, 4.69) is 16.0 Å². The molecule has 0 aliphatic rings. The topological polar surface area (TPSA) is 79.5 Å². The summed E-state index contributed by atoms with van der Waals surface area (Å²) in [5.74, 6) is -0.346. The van der Waals surface area contributed by atoms with Crippen LogP contribution in [0.5, 0.6) is 0 Å². The van der Waals surface area contributed by atoms with Gasteiger partial charge in [-0.1, -0.05) is 11.6 Å². The van der Waals surface area contributed by atoms with Crippen LogP contribution in [0.25, 0.3) is 0 Å². The van der Waals surface area contributed by atoms with Crippen LogP contribution in [0.3, 0.4) is 0 Å². The Balaban J connectivity index is 2.80. The summed E-state index contributed by atoms with van der Waals surface area (Å²) in [4.78, 5) is 24.1. The maximum absolute atomic E-state index is 12.3. The van der Waals surface area contributed by atoms with Gasteiger partial charge >= 0.3 is 6.09 Å². The molecule has 0 aliphatic heterocycles. The molecule has 7 heteroatoms. The monoisotopic (exact) mass is 355 g/mol. The minimum Gasteiger partial charge on any atom is -0.444 e. The summed E-state index contributed by atoms with van der Waals surface area (Å²) >= 11 is 6.12. The average molecular weight is 356 g/mol. The molecule has 3 N–H and O–H groups in total. The van der Waals surface area contributed by atoms with E-state index in [1.807, 2.05) is 13.8 Å². The van der Waals surface area contributed by atoms with Gasteiger partial charge in [0, 0.05) is 11.6 Å². The highest BCUT2D eigenvalue weighted by atomic mass is 35.5. The molecule has 0 spiro atoms. The predicted octanol–water partition coefficient (Wildman–Crippen LogP) is 3.93. The minimum absolute atomic E-state index is 0.346. The van der Waals surface area contributed by atoms with Crippen molar-refractivity contribution >= 4 is 35.0 Å². The zero-order valence-electron chi connectivity index (χ0n) is 15.0. The number of rotatable bonds is 5. The van der Waals surface area contributed by atoms with Crippen molar-refractivity contribution in [2.75, 3.05) is 17.2 Å². The zero-order valence-corrected chi connectivity index (χ0v) is 15.8. The predicted molar refractivity (Wildman–Crippen MR) is 97.8 cm³/mol. The number of hydrogen-bond donors (Lipinski definition) is 3. The third kappa shape index (κ3) is 6.28. The molecule has 2 amide bonds. The van der Waals surface area contributed by atoms with Gasteiger partial charge in [0.1, 0.15) is 11.6 Å². The second-order valence-corrected chi connectivity index (χ2v) is 6.94. The summed E-state index contributed by atoms with van der Waals surface area (Å²) in [5.41, 5.74) is 1.57. The summed E-state index contributed by atoms with van der Waals surface area (Å²) in [5, 5.41) is 9.08. The van der Waals surface area contributed by atoms with Crippen LogP contribution < -0.4 is 16.0 Å². The average Bonchev–Trinajstić information content (AvgIpc) is 2.42. The van der Waals surface area contributed by atoms with Gasteiger partial charge in [-0.05, 0) is 59.2 Å². The fourth-order valence-corrected chi connectivity index (χ4v) is 2.08. The first-order valence-electron chi connectivity index (χ1n) is 7.88. The van der Waals surface area contributed by atoms with Gasteiger partial charge in [-0.3, -0.25) is 4.79 Å². The Morgan fingerprint density at radius 3 is 2.42 bits per heavy atom. The molecule has 0 radical (unpaired) electrons. The van der Waals surface area contributed by atoms with E-state index in [1.54, 1.807) is 39.8 Å². The summed E-state index contributed by atoms with van der Waals surface area (Å²) in [7, 11) is 0. The zero-order chi connectivity index (χ0) is 18.5. The summed E-state index contributed by atoms with van der Waals surface area (Å²) < 4.78 is 5.15. The van der Waals surface area contributed by atoms with Crippen LogP contribution >= 0.6 is 11.6 Å². The second kappa shape index (κ2) is 8.24. The van der Waals surface area contributed by atoms with E-state index in [0.29, 0.717) is 17.3 Å². The molecule has 1 aromatic carbocycles. The number of aryl methyl sites for hydroxylation is 1. The van der Waals surface area contributed by atoms with E-state index in [9.17, 15) is 9.59 Å². The van der Waals surface area contributed by atoms with Crippen LogP contribution in [0.1, 0.15) is 40.2 Å². The first-order valence-corrected chi connectivity index (χ1v) is 8.25. The molecule has 1 aromatic rings. The third-order valence-electron chi connectivity index (χ3n) is 3.05. The van der Waals surface area contributed by atoms with Gasteiger partial charge in [-0.15, -0.1) is 0 Å². The number of amides is 2. The lowest BCUT2D eigenvalue weighted by Gasteiger charge is -2.22. The normalized spacial score (nSPS) is 12.3. The van der Waals surface area contributed by atoms with E-state index in [0.717, 1.165) is 11.3 Å². The molecule has 24 heavy (non-hydrogen) atoms. The number of carbonyl (C=O) groups excluding carboxylic acids is 2. The van der Waals surface area contributed by atoms with Gasteiger partial charge in [-0.25, -0.2) is 4.79 Å². The molecular formula is C17H26ClN3O3. The molecule has 0 aliphatic carbocycles. The number of nitrogens with one attached hydrogen (secondary N) is 3. The van der Waals surface area contributed by atoms with Gasteiger partial charge in [-0.2, -0.15) is 0 Å². The van der Waals surface area contributed by atoms with Crippen molar-refractivity contribution in [2.24, 2.45) is 0 Å². The molecule has 0 saturated carbocycles. The van der Waals surface area contributed by atoms with Crippen molar-refractivity contribution in [1.82, 2.24) is 5.32 Å². The maximum Gasteiger partial charge on any atom is 0.408 e. The highest BCUT2D eigenvalue weighted by molar-refractivity contribution is 6.31. The maximum atomic E-state index is 12.3. The van der Waals surface area contributed by atoms with Gasteiger partial charge in [0.05, 0.1) is 11.4 Å². The molecule has 0 fully saturated rings. The molecular weight excluding hydrogens is 330 g/mol. The van der Waals surface area contributed by atoms with Crippen LogP contribution in [0, 0.1) is 6.92 Å². The lowest BCUT2D eigenvalue weighted by Crippen LogP contribution is -2.44. The first kappa shape index (κ1) is 20.1. The Morgan fingerprint density at radius 1 is 1.25 bits per heavy atom. The Kier molecular flexibility index (Phi) is 6.90. The Labute approximate surface area is 148 Å². The molecule has 0 unspecified atom stereocenters. The highest BCUT2D eigenvalue weighted by Gasteiger charge is 2.21. The highest BCUT2D eigenvalue weighted by Crippen LogP contribution is 2.29. The van der Waals surface area contributed by atoms with Crippen molar-refractivity contribution < 1.29 is 14.3 Å². The molecule has 1 rings (SSSR count). The van der Waals surface area contributed by atoms with Gasteiger partial charge in [0.15, 0.2) is 0 Å². The SMILES string of the molecule is CCNc1cc(Cl)c(C)cc1NC(=O)[C@H](C)NC(=O)OC(C)(C)C. The molecule has 0 bridgehead atoms. The summed E-state index contributed by atoms with van der Waals surface area (Å²) in [6, 6.07) is 2.81. The van der Waals surface area contributed by atoms with Crippen LogP contribution in [-0.4, -0.2) is 30.2 Å². The van der Waals surface area contributed by atoms with Crippen LogP contribution in [0.15, 0.2) is 12.1 Å². The smallest absolute Gasteiger partial charge is 0.408 e. The van der Waals surface area contributed by atoms with E-state index < -0.39 is 17.7 Å². The van der Waals surface area contributed by atoms with Crippen molar-refractivity contribution in [3.8, 4) is 0 Å². The largest absolute Gasteiger partial charge is 0.444 e. The van der Waals surface area contributed by atoms with Crippen molar-refractivity contribution in [3.05, 3.63) is 22.7 Å². The fourth-order valence-electron chi connectivity index (χ4n) is 1.91. The molecule has 0 saturated heterocycles. The first-order chi connectivity index (χ1) is 11.0. The Bertz CT molecular complexity index is 612. The number of halogens is 1. The Hall–Kier alpha value is -1.95. The second-order valence-electron chi connectivity index (χ2n) is 6.53. The van der Waals surface area contributed by atoms with Crippen molar-refractivity contribution in [3.63, 3.8) is 0 Å². The van der Waals surface area contributed by atoms with Crippen molar-refractivity contribution in [2.45, 2.75) is 53.2 Å². The van der Waals surface area contributed by atoms with E-state index in [4.69, 9.17) is 16.3 Å². The van der Waals surface area contributed by atoms with Crippen LogP contribution in [0.2, 0.25) is 5.02 Å². The lowest BCUT2D eigenvalue weighted by atomic mass is 10.1. The van der Waals surface area contributed by atoms with E-state index in [1.165, 1.54) is 0 Å². The summed E-state index contributed by atoms with van der Waals surface area (Å²) in [6.07, 6.45) is -0.635. The van der Waals surface area contributed by atoms with Gasteiger partial charge in [0.25, 0.3) is 0 Å². The lowest BCUT2D eigenvalue weighted by molar-refractivity contribution is -0.117. The molecule has 134 valence electrons. The summed E-state index contributed by atoms with van der Waals surface area (Å²) in [6.45, 7) is 11.4. The number of carbonyl (C=O) groups is 2. The fraction of sp³-hybridized carbons (Fsp3) is 0.529. The minimum atomic E-state index is -0.745. The number of anilines is 2. The number of hydrogen-bond acceptors (Lipinski definition) is 4. The Morgan fingerprint density at radius 2 is 1.88 bits per heavy atom.